The van der Waals surface area contributed by atoms with E-state index >= 15 is 0 Å². The van der Waals surface area contributed by atoms with Crippen LogP contribution >= 0.6 is 0 Å². The molecule has 4 atom stereocenters. The van der Waals surface area contributed by atoms with Crippen molar-refractivity contribution in [3.05, 3.63) is 36.7 Å². The summed E-state index contributed by atoms with van der Waals surface area (Å²) >= 11 is 0. The van der Waals surface area contributed by atoms with Crippen molar-refractivity contribution in [2.75, 3.05) is 26.2 Å². The second kappa shape index (κ2) is 4.89. The maximum atomic E-state index is 11.7. The van der Waals surface area contributed by atoms with Crippen LogP contribution in [-0.2, 0) is 10.5 Å². The van der Waals surface area contributed by atoms with E-state index in [0.717, 1.165) is 32.5 Å². The number of aldehydes is 1. The number of nitrogens with one attached hydrogen (secondary N) is 1. The molecule has 0 radical (unpaired) electrons. The molecule has 2 saturated heterocycles. The van der Waals surface area contributed by atoms with Crippen LogP contribution < -0.4 is 5.32 Å². The molecule has 0 spiro atoms. The Morgan fingerprint density at radius 2 is 1.86 bits per heavy atom. The Kier molecular flexibility index (Phi) is 3.01. The zero-order valence-electron chi connectivity index (χ0n) is 11.8. The van der Waals surface area contributed by atoms with Crippen LogP contribution in [0.2, 0.25) is 0 Å². The molecule has 2 fully saturated rings. The van der Waals surface area contributed by atoms with Crippen molar-refractivity contribution in [2.24, 2.45) is 17.8 Å². The van der Waals surface area contributed by atoms with Crippen molar-refractivity contribution in [1.82, 2.24) is 25.2 Å². The summed E-state index contributed by atoms with van der Waals surface area (Å²) in [5.74, 6) is 1.05. The molecular weight excluding hydrogens is 266 g/mol. The van der Waals surface area contributed by atoms with Gasteiger partial charge in [0.05, 0.1) is 18.3 Å². The van der Waals surface area contributed by atoms with Crippen LogP contribution in [0.4, 0.5) is 0 Å². The van der Waals surface area contributed by atoms with E-state index < -0.39 is 5.66 Å². The molecule has 0 bridgehead atoms. The summed E-state index contributed by atoms with van der Waals surface area (Å²) in [4.78, 5) is 15.8. The quantitative estimate of drug-likeness (QED) is 0.794. The van der Waals surface area contributed by atoms with E-state index in [1.807, 2.05) is 18.2 Å². The minimum Gasteiger partial charge on any atom is -0.316 e. The van der Waals surface area contributed by atoms with Gasteiger partial charge in [-0.1, -0.05) is 18.2 Å². The van der Waals surface area contributed by atoms with Gasteiger partial charge in [0.15, 0.2) is 5.66 Å². The van der Waals surface area contributed by atoms with E-state index in [1.165, 1.54) is 0 Å². The number of aromatic nitrogens is 3. The number of hydrogen-bond donors (Lipinski definition) is 1. The summed E-state index contributed by atoms with van der Waals surface area (Å²) in [6.45, 7) is 4.08. The Morgan fingerprint density at radius 3 is 2.52 bits per heavy atom. The van der Waals surface area contributed by atoms with E-state index in [4.69, 9.17) is 0 Å². The summed E-state index contributed by atoms with van der Waals surface area (Å²) in [7, 11) is 0. The fourth-order valence-electron chi connectivity index (χ4n) is 3.97. The van der Waals surface area contributed by atoms with E-state index in [0.29, 0.717) is 11.8 Å². The normalized spacial score (nSPS) is 38.8. The molecule has 2 aliphatic heterocycles. The maximum Gasteiger partial charge on any atom is 0.166 e. The number of rotatable bonds is 3. The van der Waals surface area contributed by atoms with Crippen molar-refractivity contribution >= 4 is 6.29 Å². The van der Waals surface area contributed by atoms with Gasteiger partial charge < -0.3 is 10.1 Å². The molecule has 4 unspecified atom stereocenters. The van der Waals surface area contributed by atoms with Crippen molar-refractivity contribution in [3.8, 4) is 0 Å². The molecule has 6 heteroatoms. The van der Waals surface area contributed by atoms with Crippen molar-refractivity contribution in [2.45, 2.75) is 5.66 Å². The van der Waals surface area contributed by atoms with Gasteiger partial charge in [0, 0.05) is 13.1 Å². The third kappa shape index (κ3) is 1.82. The molecule has 4 rings (SSSR count). The Bertz CT molecular complexity index is 569. The lowest BCUT2D eigenvalue weighted by Gasteiger charge is -2.42. The molecule has 1 aliphatic carbocycles. The Morgan fingerprint density at radius 1 is 1.14 bits per heavy atom. The topological polar surface area (TPSA) is 63.1 Å². The number of hydrogen-bond acceptors (Lipinski definition) is 5. The first-order valence-corrected chi connectivity index (χ1v) is 7.48. The molecule has 110 valence electrons. The van der Waals surface area contributed by atoms with Gasteiger partial charge in [0.1, 0.15) is 6.29 Å². The van der Waals surface area contributed by atoms with Gasteiger partial charge >= 0.3 is 0 Å². The number of nitrogens with zero attached hydrogens (tertiary/aromatic N) is 4. The van der Waals surface area contributed by atoms with Crippen molar-refractivity contribution < 1.29 is 4.79 Å². The SMILES string of the molecule is O=CC1C=CC=CC1(N1CC2CNCC2C1)n1nccn1. The number of fused-ring (bicyclic) bond motifs is 1. The molecule has 6 nitrogen and oxygen atoms in total. The van der Waals surface area contributed by atoms with Crippen LogP contribution in [0.25, 0.3) is 0 Å². The van der Waals surface area contributed by atoms with Gasteiger partial charge in [0.2, 0.25) is 0 Å². The molecule has 21 heavy (non-hydrogen) atoms. The molecule has 0 amide bonds. The second-order valence-corrected chi connectivity index (χ2v) is 6.09. The summed E-state index contributed by atoms with van der Waals surface area (Å²) in [5, 5.41) is 12.2. The van der Waals surface area contributed by atoms with Crippen molar-refractivity contribution in [1.29, 1.82) is 0 Å². The predicted molar refractivity (Wildman–Crippen MR) is 77.3 cm³/mol. The lowest BCUT2D eigenvalue weighted by Crippen LogP contribution is -2.55. The fraction of sp³-hybridized carbons (Fsp3) is 0.533. The van der Waals surface area contributed by atoms with E-state index in [2.05, 4.69) is 26.5 Å². The van der Waals surface area contributed by atoms with Gasteiger partial charge in [-0.05, 0) is 31.0 Å². The Hall–Kier alpha value is -1.79. The summed E-state index contributed by atoms with van der Waals surface area (Å²) in [5.41, 5.74) is -0.593. The molecular formula is C15H19N5O. The molecule has 1 aromatic heterocycles. The lowest BCUT2D eigenvalue weighted by molar-refractivity contribution is -0.116. The van der Waals surface area contributed by atoms with Gasteiger partial charge in [-0.25, -0.2) is 0 Å². The third-order valence-electron chi connectivity index (χ3n) is 5.04. The molecule has 1 N–H and O–H groups in total. The number of likely N-dealkylation sites (tertiary alicyclic amines) is 1. The second-order valence-electron chi connectivity index (χ2n) is 6.09. The zero-order chi connectivity index (χ0) is 14.3. The smallest absolute Gasteiger partial charge is 0.166 e. The summed E-state index contributed by atoms with van der Waals surface area (Å²) in [6, 6.07) is 0. The first-order chi connectivity index (χ1) is 10.3. The Balaban J connectivity index is 1.76. The maximum absolute atomic E-state index is 11.7. The van der Waals surface area contributed by atoms with Crippen LogP contribution in [0.1, 0.15) is 0 Å². The molecule has 0 aromatic carbocycles. The molecule has 3 aliphatic rings. The van der Waals surface area contributed by atoms with Gasteiger partial charge in [-0.3, -0.25) is 4.90 Å². The fourth-order valence-corrected chi connectivity index (χ4v) is 3.97. The highest BCUT2D eigenvalue weighted by atomic mass is 16.1. The van der Waals surface area contributed by atoms with Crippen LogP contribution in [0, 0.1) is 17.8 Å². The first-order valence-electron chi connectivity index (χ1n) is 7.48. The van der Waals surface area contributed by atoms with Gasteiger partial charge in [-0.2, -0.15) is 15.0 Å². The number of carbonyl (C=O) groups excluding carboxylic acids is 1. The minimum atomic E-state index is -0.593. The third-order valence-corrected chi connectivity index (χ3v) is 5.04. The van der Waals surface area contributed by atoms with Crippen molar-refractivity contribution in [3.63, 3.8) is 0 Å². The van der Waals surface area contributed by atoms with E-state index in [9.17, 15) is 4.79 Å². The highest BCUT2D eigenvalue weighted by Crippen LogP contribution is 2.40. The standard InChI is InChI=1S/C15H19N5O/c21-11-14-3-1-2-4-15(14,20-17-5-6-18-20)19-9-12-7-16-8-13(12)10-19/h1-6,11-14,16H,7-10H2. The number of carbonyl (C=O) groups is 1. The minimum absolute atomic E-state index is 0.262. The summed E-state index contributed by atoms with van der Waals surface area (Å²) in [6.07, 6.45) is 12.3. The highest BCUT2D eigenvalue weighted by Gasteiger charge is 2.51. The summed E-state index contributed by atoms with van der Waals surface area (Å²) < 4.78 is 0. The monoisotopic (exact) mass is 285 g/mol. The average molecular weight is 285 g/mol. The van der Waals surface area contributed by atoms with E-state index in [-0.39, 0.29) is 5.92 Å². The predicted octanol–water partition coefficient (Wildman–Crippen LogP) is 0.0232. The van der Waals surface area contributed by atoms with Crippen LogP contribution in [0.3, 0.4) is 0 Å². The van der Waals surface area contributed by atoms with Crippen LogP contribution in [0.15, 0.2) is 36.7 Å². The van der Waals surface area contributed by atoms with E-state index in [1.54, 1.807) is 17.2 Å². The lowest BCUT2D eigenvalue weighted by atomic mass is 9.88. The number of allylic oxidation sites excluding steroid dienone is 2. The van der Waals surface area contributed by atoms with Gasteiger partial charge in [-0.15, -0.1) is 0 Å². The largest absolute Gasteiger partial charge is 0.316 e. The van der Waals surface area contributed by atoms with Gasteiger partial charge in [0.25, 0.3) is 0 Å². The molecule has 1 aromatic rings. The van der Waals surface area contributed by atoms with Crippen LogP contribution in [-0.4, -0.2) is 52.4 Å². The average Bonchev–Trinajstić information content (AvgIpc) is 3.23. The van der Waals surface area contributed by atoms with Crippen LogP contribution in [0.5, 0.6) is 0 Å². The molecule has 0 saturated carbocycles. The Labute approximate surface area is 123 Å². The zero-order valence-corrected chi connectivity index (χ0v) is 11.8. The first kappa shape index (κ1) is 12.9. The molecule has 3 heterocycles. The highest BCUT2D eigenvalue weighted by molar-refractivity contribution is 5.61.